The van der Waals surface area contributed by atoms with Gasteiger partial charge in [0.2, 0.25) is 5.91 Å². The number of aryl methyl sites for hydroxylation is 1. The van der Waals surface area contributed by atoms with E-state index in [1.807, 2.05) is 18.5 Å². The van der Waals surface area contributed by atoms with Gasteiger partial charge in [-0.05, 0) is 37.5 Å². The second-order valence-corrected chi connectivity index (χ2v) is 6.31. The predicted octanol–water partition coefficient (Wildman–Crippen LogP) is 3.15. The number of aromatic nitrogens is 2. The van der Waals surface area contributed by atoms with Crippen LogP contribution in [0, 0.1) is 25.6 Å². The molecule has 23 heavy (non-hydrogen) atoms. The molecule has 1 N–H and O–H groups in total. The highest BCUT2D eigenvalue weighted by molar-refractivity contribution is 5.79. The minimum Gasteiger partial charge on any atom is -0.352 e. The Labute approximate surface area is 136 Å². The van der Waals surface area contributed by atoms with Crippen molar-refractivity contribution in [3.63, 3.8) is 0 Å². The molecule has 0 saturated carbocycles. The van der Waals surface area contributed by atoms with Crippen molar-refractivity contribution in [2.24, 2.45) is 5.92 Å². The van der Waals surface area contributed by atoms with Crippen molar-refractivity contribution < 1.29 is 9.18 Å². The number of nitrogens with one attached hydrogen (secondary N) is 1. The van der Waals surface area contributed by atoms with E-state index in [-0.39, 0.29) is 11.7 Å². The highest BCUT2D eigenvalue weighted by atomic mass is 19.1. The fourth-order valence-electron chi connectivity index (χ4n) is 2.58. The molecule has 2 aromatic rings. The lowest BCUT2D eigenvalue weighted by atomic mass is 10.1. The molecule has 1 amide bonds. The van der Waals surface area contributed by atoms with E-state index in [0.29, 0.717) is 18.9 Å². The smallest absolute Gasteiger partial charge is 0.224 e. The van der Waals surface area contributed by atoms with Gasteiger partial charge in [-0.3, -0.25) is 9.48 Å². The molecule has 5 heteroatoms. The van der Waals surface area contributed by atoms with Crippen LogP contribution in [0.3, 0.4) is 0 Å². The van der Waals surface area contributed by atoms with Gasteiger partial charge in [-0.2, -0.15) is 5.10 Å². The molecule has 0 unspecified atom stereocenters. The van der Waals surface area contributed by atoms with E-state index in [0.717, 1.165) is 29.1 Å². The minimum absolute atomic E-state index is 0.0791. The zero-order chi connectivity index (χ0) is 17.0. The maximum absolute atomic E-state index is 13.1. The van der Waals surface area contributed by atoms with Gasteiger partial charge in [-0.25, -0.2) is 4.39 Å². The fourth-order valence-corrected chi connectivity index (χ4v) is 2.58. The molecule has 1 aromatic carbocycles. The Morgan fingerprint density at radius 1 is 1.35 bits per heavy atom. The SMILES string of the molecule is Cc1nn(CC(C)C)c(C)c1CC(=O)NCc1cccc(F)c1. The standard InChI is InChI=1S/C18H24FN3O/c1-12(2)11-22-14(4)17(13(3)21-22)9-18(23)20-10-15-6-5-7-16(19)8-15/h5-8,12H,9-11H2,1-4H3,(H,20,23). The molecule has 0 atom stereocenters. The van der Waals surface area contributed by atoms with E-state index in [4.69, 9.17) is 0 Å². The van der Waals surface area contributed by atoms with Crippen LogP contribution >= 0.6 is 0 Å². The summed E-state index contributed by atoms with van der Waals surface area (Å²) in [6, 6.07) is 6.25. The van der Waals surface area contributed by atoms with E-state index >= 15 is 0 Å². The van der Waals surface area contributed by atoms with Crippen molar-refractivity contribution >= 4 is 5.91 Å². The van der Waals surface area contributed by atoms with E-state index in [2.05, 4.69) is 24.3 Å². The number of rotatable bonds is 6. The second kappa shape index (κ2) is 7.40. The molecule has 0 radical (unpaired) electrons. The van der Waals surface area contributed by atoms with Crippen LogP contribution in [-0.2, 0) is 24.3 Å². The lowest BCUT2D eigenvalue weighted by Gasteiger charge is -2.08. The third-order valence-corrected chi connectivity index (χ3v) is 3.79. The molecule has 0 saturated heterocycles. The maximum atomic E-state index is 13.1. The summed E-state index contributed by atoms with van der Waals surface area (Å²) in [5.41, 5.74) is 3.66. The summed E-state index contributed by atoms with van der Waals surface area (Å²) in [6.45, 7) is 9.38. The molecule has 0 fully saturated rings. The van der Waals surface area contributed by atoms with Gasteiger partial charge in [-0.15, -0.1) is 0 Å². The van der Waals surface area contributed by atoms with Crippen molar-refractivity contribution in [3.05, 3.63) is 52.6 Å². The molecule has 4 nitrogen and oxygen atoms in total. The van der Waals surface area contributed by atoms with Crippen molar-refractivity contribution in [3.8, 4) is 0 Å². The summed E-state index contributed by atoms with van der Waals surface area (Å²) in [6.07, 6.45) is 0.297. The Balaban J connectivity index is 1.99. The van der Waals surface area contributed by atoms with Crippen molar-refractivity contribution in [1.29, 1.82) is 0 Å². The Kier molecular flexibility index (Phi) is 5.53. The number of carbonyl (C=O) groups excluding carboxylic acids is 1. The first-order chi connectivity index (χ1) is 10.9. The highest BCUT2D eigenvalue weighted by Crippen LogP contribution is 2.15. The quantitative estimate of drug-likeness (QED) is 0.889. The topological polar surface area (TPSA) is 46.9 Å². The largest absolute Gasteiger partial charge is 0.352 e. The van der Waals surface area contributed by atoms with Gasteiger partial charge in [0.05, 0.1) is 12.1 Å². The van der Waals surface area contributed by atoms with Crippen LogP contribution in [0.4, 0.5) is 4.39 Å². The molecule has 0 aliphatic carbocycles. The van der Waals surface area contributed by atoms with Gasteiger partial charge in [0.1, 0.15) is 5.82 Å². The number of nitrogens with zero attached hydrogens (tertiary/aromatic N) is 2. The van der Waals surface area contributed by atoms with E-state index in [1.54, 1.807) is 12.1 Å². The number of hydrogen-bond donors (Lipinski definition) is 1. The van der Waals surface area contributed by atoms with Gasteiger partial charge >= 0.3 is 0 Å². The van der Waals surface area contributed by atoms with E-state index < -0.39 is 0 Å². The molecule has 0 aliphatic heterocycles. The Bertz CT molecular complexity index is 692. The summed E-state index contributed by atoms with van der Waals surface area (Å²) in [4.78, 5) is 12.2. The maximum Gasteiger partial charge on any atom is 0.224 e. The van der Waals surface area contributed by atoms with Crippen LogP contribution < -0.4 is 5.32 Å². The monoisotopic (exact) mass is 317 g/mol. The van der Waals surface area contributed by atoms with Gasteiger partial charge < -0.3 is 5.32 Å². The lowest BCUT2D eigenvalue weighted by Crippen LogP contribution is -2.25. The predicted molar refractivity (Wildman–Crippen MR) is 88.5 cm³/mol. The number of benzene rings is 1. The number of hydrogen-bond acceptors (Lipinski definition) is 2. The van der Waals surface area contributed by atoms with Crippen LogP contribution in [0.15, 0.2) is 24.3 Å². The van der Waals surface area contributed by atoms with Crippen LogP contribution in [0.25, 0.3) is 0 Å². The third kappa shape index (κ3) is 4.65. The van der Waals surface area contributed by atoms with E-state index in [1.165, 1.54) is 12.1 Å². The second-order valence-electron chi connectivity index (χ2n) is 6.31. The average Bonchev–Trinajstić information content (AvgIpc) is 2.72. The molecule has 0 spiro atoms. The highest BCUT2D eigenvalue weighted by Gasteiger charge is 2.15. The first-order valence-electron chi connectivity index (χ1n) is 7.91. The normalized spacial score (nSPS) is 11.0. The van der Waals surface area contributed by atoms with Gasteiger partial charge in [-0.1, -0.05) is 26.0 Å². The Morgan fingerprint density at radius 2 is 2.09 bits per heavy atom. The Hall–Kier alpha value is -2.17. The van der Waals surface area contributed by atoms with Crippen molar-refractivity contribution in [2.45, 2.75) is 47.2 Å². The van der Waals surface area contributed by atoms with Gasteiger partial charge in [0, 0.05) is 24.3 Å². The average molecular weight is 317 g/mol. The fraction of sp³-hybridized carbons (Fsp3) is 0.444. The lowest BCUT2D eigenvalue weighted by molar-refractivity contribution is -0.120. The van der Waals surface area contributed by atoms with Crippen LogP contribution in [-0.4, -0.2) is 15.7 Å². The van der Waals surface area contributed by atoms with Crippen molar-refractivity contribution in [1.82, 2.24) is 15.1 Å². The van der Waals surface area contributed by atoms with Gasteiger partial charge in [0.25, 0.3) is 0 Å². The molecule has 124 valence electrons. The number of amides is 1. The zero-order valence-corrected chi connectivity index (χ0v) is 14.2. The first-order valence-corrected chi connectivity index (χ1v) is 7.91. The summed E-state index contributed by atoms with van der Waals surface area (Å²) in [5.74, 6) is 0.130. The number of carbonyl (C=O) groups is 1. The summed E-state index contributed by atoms with van der Waals surface area (Å²) >= 11 is 0. The summed E-state index contributed by atoms with van der Waals surface area (Å²) in [7, 11) is 0. The van der Waals surface area contributed by atoms with Crippen LogP contribution in [0.2, 0.25) is 0 Å². The van der Waals surface area contributed by atoms with Gasteiger partial charge in [0.15, 0.2) is 0 Å². The molecular weight excluding hydrogens is 293 g/mol. The van der Waals surface area contributed by atoms with Crippen molar-refractivity contribution in [2.75, 3.05) is 0 Å². The minimum atomic E-state index is -0.293. The number of halogens is 1. The molecule has 2 rings (SSSR count). The molecule has 1 aromatic heterocycles. The molecule has 0 aliphatic rings. The zero-order valence-electron chi connectivity index (χ0n) is 14.2. The summed E-state index contributed by atoms with van der Waals surface area (Å²) in [5, 5.41) is 7.36. The first kappa shape index (κ1) is 17.2. The van der Waals surface area contributed by atoms with Crippen LogP contribution in [0.5, 0.6) is 0 Å². The summed E-state index contributed by atoms with van der Waals surface area (Å²) < 4.78 is 15.1. The molecular formula is C18H24FN3O. The molecule has 1 heterocycles. The Morgan fingerprint density at radius 3 is 2.74 bits per heavy atom. The third-order valence-electron chi connectivity index (χ3n) is 3.79. The molecule has 0 bridgehead atoms. The van der Waals surface area contributed by atoms with Crippen LogP contribution in [0.1, 0.15) is 36.4 Å². The van der Waals surface area contributed by atoms with E-state index in [9.17, 15) is 9.18 Å².